The minimum absolute atomic E-state index is 0.564. The van der Waals surface area contributed by atoms with Gasteiger partial charge < -0.3 is 15.8 Å². The van der Waals surface area contributed by atoms with Crippen LogP contribution < -0.4 is 15.8 Å². The Bertz CT molecular complexity index is 400. The molecular formula is C12H16N2O2. The molecule has 0 amide bonds. The number of nitrogen functional groups attached to an aromatic ring is 1. The zero-order valence-corrected chi connectivity index (χ0v) is 9.49. The number of carbonyl (C=O) groups excluding carboxylic acids is 1. The van der Waals surface area contributed by atoms with E-state index in [1.54, 1.807) is 19.2 Å². The molecule has 0 aliphatic heterocycles. The van der Waals surface area contributed by atoms with Gasteiger partial charge in [0, 0.05) is 18.7 Å². The molecule has 0 aliphatic carbocycles. The van der Waals surface area contributed by atoms with Gasteiger partial charge in [-0.05, 0) is 25.1 Å². The molecule has 4 nitrogen and oxygen atoms in total. The van der Waals surface area contributed by atoms with Crippen LogP contribution in [0.1, 0.15) is 12.5 Å². The largest absolute Gasteiger partial charge is 0.493 e. The fraction of sp³-hybridized carbons (Fsp3) is 0.250. The van der Waals surface area contributed by atoms with Crippen molar-refractivity contribution in [2.75, 3.05) is 24.7 Å². The van der Waals surface area contributed by atoms with Crippen molar-refractivity contribution in [2.24, 2.45) is 0 Å². The van der Waals surface area contributed by atoms with Crippen LogP contribution in [0.3, 0.4) is 0 Å². The zero-order chi connectivity index (χ0) is 12.0. The predicted molar refractivity (Wildman–Crippen MR) is 66.7 cm³/mol. The highest BCUT2D eigenvalue weighted by atomic mass is 16.5. The lowest BCUT2D eigenvalue weighted by Crippen LogP contribution is -2.00. The fourth-order valence-corrected chi connectivity index (χ4v) is 1.38. The van der Waals surface area contributed by atoms with Gasteiger partial charge in [0.2, 0.25) is 0 Å². The van der Waals surface area contributed by atoms with Crippen molar-refractivity contribution in [3.63, 3.8) is 0 Å². The Hall–Kier alpha value is -1.97. The van der Waals surface area contributed by atoms with Crippen LogP contribution in [0.4, 0.5) is 11.4 Å². The number of hydrogen-bond acceptors (Lipinski definition) is 4. The molecule has 1 rings (SSSR count). The summed E-state index contributed by atoms with van der Waals surface area (Å²) < 4.78 is 5.47. The van der Waals surface area contributed by atoms with E-state index >= 15 is 0 Å². The van der Waals surface area contributed by atoms with Gasteiger partial charge in [0.05, 0.1) is 18.0 Å². The van der Waals surface area contributed by atoms with E-state index < -0.39 is 0 Å². The molecule has 0 saturated carbocycles. The quantitative estimate of drug-likeness (QED) is 0.452. The Morgan fingerprint density at radius 2 is 2.25 bits per heavy atom. The molecule has 3 N–H and O–H groups in total. The summed E-state index contributed by atoms with van der Waals surface area (Å²) in [7, 11) is 1.79. The number of ether oxygens (including phenoxy) is 1. The van der Waals surface area contributed by atoms with E-state index in [4.69, 9.17) is 10.5 Å². The third-order valence-electron chi connectivity index (χ3n) is 2.11. The van der Waals surface area contributed by atoms with Gasteiger partial charge in [-0.25, -0.2) is 0 Å². The highest BCUT2D eigenvalue weighted by Gasteiger charge is 2.05. The van der Waals surface area contributed by atoms with Crippen LogP contribution in [0.2, 0.25) is 0 Å². The summed E-state index contributed by atoms with van der Waals surface area (Å²) >= 11 is 0. The van der Waals surface area contributed by atoms with Crippen molar-refractivity contribution >= 4 is 23.7 Å². The van der Waals surface area contributed by atoms with Crippen LogP contribution in [0.25, 0.3) is 6.08 Å². The summed E-state index contributed by atoms with van der Waals surface area (Å²) in [6.45, 7) is 2.47. The third kappa shape index (κ3) is 2.76. The molecule has 0 aliphatic rings. The molecule has 0 unspecified atom stereocenters. The van der Waals surface area contributed by atoms with Crippen LogP contribution >= 0.6 is 0 Å². The molecule has 0 heterocycles. The van der Waals surface area contributed by atoms with Crippen LogP contribution in [0.15, 0.2) is 18.2 Å². The molecule has 0 spiro atoms. The summed E-state index contributed by atoms with van der Waals surface area (Å²) in [6, 6.07) is 3.60. The fourth-order valence-electron chi connectivity index (χ4n) is 1.38. The van der Waals surface area contributed by atoms with Crippen molar-refractivity contribution in [1.82, 2.24) is 0 Å². The molecule has 0 atom stereocenters. The van der Waals surface area contributed by atoms with Crippen molar-refractivity contribution < 1.29 is 9.53 Å². The van der Waals surface area contributed by atoms with E-state index in [2.05, 4.69) is 5.32 Å². The average Bonchev–Trinajstić information content (AvgIpc) is 2.29. The highest BCUT2D eigenvalue weighted by molar-refractivity contribution is 5.79. The maximum absolute atomic E-state index is 10.3. The topological polar surface area (TPSA) is 64.3 Å². The Labute approximate surface area is 95.1 Å². The molecular weight excluding hydrogens is 204 g/mol. The molecule has 0 saturated heterocycles. The molecule has 86 valence electrons. The monoisotopic (exact) mass is 220 g/mol. The number of anilines is 2. The zero-order valence-electron chi connectivity index (χ0n) is 9.49. The van der Waals surface area contributed by atoms with E-state index in [9.17, 15) is 4.79 Å². The summed E-state index contributed by atoms with van der Waals surface area (Å²) in [4.78, 5) is 10.3. The second-order valence-corrected chi connectivity index (χ2v) is 3.16. The number of nitrogens with two attached hydrogens (primary N) is 1. The summed E-state index contributed by atoms with van der Waals surface area (Å²) in [5, 5.41) is 2.98. The number of benzene rings is 1. The van der Waals surface area contributed by atoms with E-state index in [1.807, 2.05) is 13.0 Å². The van der Waals surface area contributed by atoms with Gasteiger partial charge in [0.25, 0.3) is 0 Å². The summed E-state index contributed by atoms with van der Waals surface area (Å²) in [5.41, 5.74) is 8.06. The number of aldehydes is 1. The second-order valence-electron chi connectivity index (χ2n) is 3.16. The molecule has 1 aromatic carbocycles. The number of allylic oxidation sites excluding steroid dienone is 1. The standard InChI is InChI=1S/C12H16N2O2/c1-3-16-12-8-11(14-2)10(13)7-9(12)5-4-6-15/h4-8,14H,3,13H2,1-2H3/b5-4+. The van der Waals surface area contributed by atoms with Crippen molar-refractivity contribution in [1.29, 1.82) is 0 Å². The number of carbonyl (C=O) groups is 1. The minimum Gasteiger partial charge on any atom is -0.493 e. The van der Waals surface area contributed by atoms with Gasteiger partial charge in [-0.3, -0.25) is 4.79 Å². The third-order valence-corrected chi connectivity index (χ3v) is 2.11. The summed E-state index contributed by atoms with van der Waals surface area (Å²) in [5.74, 6) is 0.708. The number of hydrogen-bond donors (Lipinski definition) is 2. The average molecular weight is 220 g/mol. The molecule has 16 heavy (non-hydrogen) atoms. The number of rotatable bonds is 5. The molecule has 0 fully saturated rings. The van der Waals surface area contributed by atoms with Crippen molar-refractivity contribution in [3.8, 4) is 5.75 Å². The first-order valence-electron chi connectivity index (χ1n) is 5.08. The van der Waals surface area contributed by atoms with E-state index in [0.29, 0.717) is 18.0 Å². The predicted octanol–water partition coefficient (Wildman–Crippen LogP) is 1.92. The first kappa shape index (κ1) is 12.1. The smallest absolute Gasteiger partial charge is 0.142 e. The molecule has 4 heteroatoms. The maximum Gasteiger partial charge on any atom is 0.142 e. The van der Waals surface area contributed by atoms with Gasteiger partial charge in [-0.2, -0.15) is 0 Å². The van der Waals surface area contributed by atoms with Crippen LogP contribution in [0.5, 0.6) is 5.75 Å². The lowest BCUT2D eigenvalue weighted by molar-refractivity contribution is -0.104. The number of nitrogens with one attached hydrogen (secondary N) is 1. The maximum atomic E-state index is 10.3. The van der Waals surface area contributed by atoms with Gasteiger partial charge in [0.15, 0.2) is 0 Å². The Kier molecular flexibility index (Phi) is 4.39. The van der Waals surface area contributed by atoms with Crippen molar-refractivity contribution in [2.45, 2.75) is 6.92 Å². The normalized spacial score (nSPS) is 10.4. The Morgan fingerprint density at radius 1 is 1.50 bits per heavy atom. The lowest BCUT2D eigenvalue weighted by atomic mass is 10.1. The SMILES string of the molecule is CCOc1cc(NC)c(N)cc1/C=C/C=O. The van der Waals surface area contributed by atoms with Crippen LogP contribution in [0, 0.1) is 0 Å². The van der Waals surface area contributed by atoms with Gasteiger partial charge in [-0.15, -0.1) is 0 Å². The van der Waals surface area contributed by atoms with Crippen LogP contribution in [-0.2, 0) is 4.79 Å². The van der Waals surface area contributed by atoms with Gasteiger partial charge >= 0.3 is 0 Å². The lowest BCUT2D eigenvalue weighted by Gasteiger charge is -2.12. The highest BCUT2D eigenvalue weighted by Crippen LogP contribution is 2.30. The van der Waals surface area contributed by atoms with E-state index in [1.165, 1.54) is 6.08 Å². The first-order valence-corrected chi connectivity index (χ1v) is 5.08. The molecule has 0 aromatic heterocycles. The van der Waals surface area contributed by atoms with E-state index in [0.717, 1.165) is 17.5 Å². The van der Waals surface area contributed by atoms with Crippen molar-refractivity contribution in [3.05, 3.63) is 23.8 Å². The minimum atomic E-state index is 0.564. The summed E-state index contributed by atoms with van der Waals surface area (Å²) in [6.07, 6.45) is 3.81. The first-order chi connectivity index (χ1) is 7.72. The van der Waals surface area contributed by atoms with Gasteiger partial charge in [0.1, 0.15) is 12.0 Å². The molecule has 0 radical (unpaired) electrons. The van der Waals surface area contributed by atoms with Gasteiger partial charge in [-0.1, -0.05) is 0 Å². The molecule has 1 aromatic rings. The Balaban J connectivity index is 3.18. The van der Waals surface area contributed by atoms with E-state index in [-0.39, 0.29) is 0 Å². The Morgan fingerprint density at radius 3 is 2.81 bits per heavy atom. The van der Waals surface area contributed by atoms with Crippen LogP contribution in [-0.4, -0.2) is 19.9 Å². The second kappa shape index (κ2) is 5.80. The molecule has 0 bridgehead atoms.